The second-order valence-electron chi connectivity index (χ2n) is 4.17. The highest BCUT2D eigenvalue weighted by atomic mass is 19.1. The van der Waals surface area contributed by atoms with Gasteiger partial charge in [-0.2, -0.15) is 0 Å². The Hall–Kier alpha value is -2.63. The summed E-state index contributed by atoms with van der Waals surface area (Å²) in [6.45, 7) is 2.05. The molecule has 110 valence electrons. The fourth-order valence-electron chi connectivity index (χ4n) is 1.82. The van der Waals surface area contributed by atoms with Gasteiger partial charge in [0.1, 0.15) is 5.82 Å². The highest BCUT2D eigenvalue weighted by molar-refractivity contribution is 5.95. The van der Waals surface area contributed by atoms with Crippen LogP contribution in [0, 0.1) is 11.6 Å². The molecule has 0 heterocycles. The number of carboxylic acid groups (broad SMARTS) is 1. The van der Waals surface area contributed by atoms with Crippen molar-refractivity contribution in [3.8, 4) is 5.75 Å². The zero-order chi connectivity index (χ0) is 15.4. The molecule has 0 amide bonds. The van der Waals surface area contributed by atoms with Gasteiger partial charge in [-0.25, -0.2) is 13.6 Å². The molecule has 0 aliphatic carbocycles. The lowest BCUT2D eigenvalue weighted by Crippen LogP contribution is -2.05. The molecule has 0 aromatic heterocycles. The van der Waals surface area contributed by atoms with E-state index in [2.05, 4.69) is 5.32 Å². The first-order valence-corrected chi connectivity index (χ1v) is 6.24. The van der Waals surface area contributed by atoms with E-state index in [1.54, 1.807) is 6.92 Å². The maximum absolute atomic E-state index is 13.8. The van der Waals surface area contributed by atoms with Crippen LogP contribution in [-0.2, 0) is 0 Å². The third kappa shape index (κ3) is 3.28. The summed E-state index contributed by atoms with van der Waals surface area (Å²) in [4.78, 5) is 11.1. The monoisotopic (exact) mass is 293 g/mol. The molecule has 6 heteroatoms. The Morgan fingerprint density at radius 3 is 2.62 bits per heavy atom. The summed E-state index contributed by atoms with van der Waals surface area (Å²) < 4.78 is 32.5. The Labute approximate surface area is 120 Å². The van der Waals surface area contributed by atoms with E-state index in [0.717, 1.165) is 12.1 Å². The first kappa shape index (κ1) is 14.8. The number of para-hydroxylation sites is 1. The van der Waals surface area contributed by atoms with Gasteiger partial charge in [-0.3, -0.25) is 0 Å². The van der Waals surface area contributed by atoms with E-state index in [0.29, 0.717) is 6.61 Å². The lowest BCUT2D eigenvalue weighted by atomic mass is 10.1. The molecule has 0 radical (unpaired) electrons. The summed E-state index contributed by atoms with van der Waals surface area (Å²) in [7, 11) is 0. The Morgan fingerprint density at radius 2 is 2.00 bits per heavy atom. The quantitative estimate of drug-likeness (QED) is 0.880. The van der Waals surface area contributed by atoms with Crippen LogP contribution in [0.3, 0.4) is 0 Å². The molecular formula is C15H13F2NO3. The third-order valence-electron chi connectivity index (χ3n) is 2.75. The minimum atomic E-state index is -1.27. The van der Waals surface area contributed by atoms with Crippen LogP contribution >= 0.6 is 0 Å². The largest absolute Gasteiger partial charge is 0.491 e. The van der Waals surface area contributed by atoms with Crippen molar-refractivity contribution in [3.05, 3.63) is 53.6 Å². The van der Waals surface area contributed by atoms with E-state index < -0.39 is 17.6 Å². The van der Waals surface area contributed by atoms with Crippen molar-refractivity contribution >= 4 is 17.3 Å². The van der Waals surface area contributed by atoms with Crippen molar-refractivity contribution < 1.29 is 23.4 Å². The summed E-state index contributed by atoms with van der Waals surface area (Å²) in [6.07, 6.45) is 0. The van der Waals surface area contributed by atoms with Gasteiger partial charge in [-0.05, 0) is 31.2 Å². The number of rotatable bonds is 5. The van der Waals surface area contributed by atoms with Gasteiger partial charge in [-0.15, -0.1) is 0 Å². The molecule has 2 N–H and O–H groups in total. The van der Waals surface area contributed by atoms with Gasteiger partial charge in [0.05, 0.1) is 17.9 Å². The van der Waals surface area contributed by atoms with Gasteiger partial charge in [0, 0.05) is 11.8 Å². The van der Waals surface area contributed by atoms with Gasteiger partial charge >= 0.3 is 5.97 Å². The molecule has 0 aliphatic heterocycles. The first-order valence-electron chi connectivity index (χ1n) is 6.24. The van der Waals surface area contributed by atoms with Crippen molar-refractivity contribution in [3.63, 3.8) is 0 Å². The fraction of sp³-hybridized carbons (Fsp3) is 0.133. The molecule has 0 fully saturated rings. The van der Waals surface area contributed by atoms with Gasteiger partial charge in [0.2, 0.25) is 0 Å². The SMILES string of the molecule is CCOc1ccc(Nc2c(F)cccc2C(=O)O)cc1F. The van der Waals surface area contributed by atoms with Gasteiger partial charge in [0.25, 0.3) is 0 Å². The number of carboxylic acids is 1. The Bertz CT molecular complexity index is 674. The average molecular weight is 293 g/mol. The molecule has 0 unspecified atom stereocenters. The number of ether oxygens (including phenoxy) is 1. The van der Waals surface area contributed by atoms with Crippen molar-refractivity contribution in [1.29, 1.82) is 0 Å². The van der Waals surface area contributed by atoms with Crippen LogP contribution in [0.1, 0.15) is 17.3 Å². The summed E-state index contributed by atoms with van der Waals surface area (Å²) >= 11 is 0. The average Bonchev–Trinajstić information content (AvgIpc) is 2.44. The van der Waals surface area contributed by atoms with Crippen LogP contribution in [0.4, 0.5) is 20.2 Å². The highest BCUT2D eigenvalue weighted by Gasteiger charge is 2.15. The highest BCUT2D eigenvalue weighted by Crippen LogP contribution is 2.27. The molecule has 21 heavy (non-hydrogen) atoms. The van der Waals surface area contributed by atoms with E-state index in [1.807, 2.05) is 0 Å². The Morgan fingerprint density at radius 1 is 1.24 bits per heavy atom. The van der Waals surface area contributed by atoms with Crippen LogP contribution in [-0.4, -0.2) is 17.7 Å². The molecule has 0 spiro atoms. The first-order chi connectivity index (χ1) is 10.0. The van der Waals surface area contributed by atoms with E-state index >= 15 is 0 Å². The predicted octanol–water partition coefficient (Wildman–Crippen LogP) is 3.81. The number of nitrogens with one attached hydrogen (secondary N) is 1. The topological polar surface area (TPSA) is 58.6 Å². The number of carbonyl (C=O) groups is 1. The number of anilines is 2. The van der Waals surface area contributed by atoms with Gasteiger partial charge in [-0.1, -0.05) is 6.07 Å². The van der Waals surface area contributed by atoms with E-state index in [1.165, 1.54) is 24.3 Å². The zero-order valence-corrected chi connectivity index (χ0v) is 11.2. The van der Waals surface area contributed by atoms with E-state index in [9.17, 15) is 13.6 Å². The predicted molar refractivity (Wildman–Crippen MR) is 74.2 cm³/mol. The third-order valence-corrected chi connectivity index (χ3v) is 2.75. The Kier molecular flexibility index (Phi) is 4.37. The maximum Gasteiger partial charge on any atom is 0.337 e. The minimum Gasteiger partial charge on any atom is -0.491 e. The zero-order valence-electron chi connectivity index (χ0n) is 11.2. The van der Waals surface area contributed by atoms with Crippen LogP contribution < -0.4 is 10.1 Å². The van der Waals surface area contributed by atoms with E-state index in [-0.39, 0.29) is 22.7 Å². The summed E-state index contributed by atoms with van der Waals surface area (Å²) in [5.41, 5.74) is -0.221. The Balaban J connectivity index is 2.34. The molecule has 0 aliphatic rings. The van der Waals surface area contributed by atoms with Crippen LogP contribution in [0.2, 0.25) is 0 Å². The molecule has 0 saturated carbocycles. The smallest absolute Gasteiger partial charge is 0.337 e. The van der Waals surface area contributed by atoms with Crippen molar-refractivity contribution in [2.45, 2.75) is 6.92 Å². The number of hydrogen-bond acceptors (Lipinski definition) is 3. The molecule has 2 aromatic carbocycles. The fourth-order valence-corrected chi connectivity index (χ4v) is 1.82. The maximum atomic E-state index is 13.8. The van der Waals surface area contributed by atoms with Crippen molar-refractivity contribution in [2.75, 3.05) is 11.9 Å². The molecule has 2 rings (SSSR count). The van der Waals surface area contributed by atoms with Crippen LogP contribution in [0.5, 0.6) is 5.75 Å². The summed E-state index contributed by atoms with van der Waals surface area (Å²) in [5, 5.41) is 11.6. The second-order valence-corrected chi connectivity index (χ2v) is 4.17. The standard InChI is InChI=1S/C15H13F2NO3/c1-2-21-13-7-6-9(8-12(13)17)18-14-10(15(19)20)4-3-5-11(14)16/h3-8,18H,2H2,1H3,(H,19,20). The second kappa shape index (κ2) is 6.21. The summed E-state index contributed by atoms with van der Waals surface area (Å²) in [6, 6.07) is 7.67. The lowest BCUT2D eigenvalue weighted by molar-refractivity contribution is 0.0697. The van der Waals surface area contributed by atoms with Crippen LogP contribution in [0.25, 0.3) is 0 Å². The number of hydrogen-bond donors (Lipinski definition) is 2. The molecule has 0 bridgehead atoms. The van der Waals surface area contributed by atoms with Gasteiger partial charge in [0.15, 0.2) is 11.6 Å². The van der Waals surface area contributed by atoms with E-state index in [4.69, 9.17) is 9.84 Å². The molecule has 2 aromatic rings. The molecule has 0 atom stereocenters. The van der Waals surface area contributed by atoms with Crippen molar-refractivity contribution in [2.24, 2.45) is 0 Å². The molecular weight excluding hydrogens is 280 g/mol. The number of benzene rings is 2. The van der Waals surface area contributed by atoms with Gasteiger partial charge < -0.3 is 15.2 Å². The minimum absolute atomic E-state index is 0.0787. The lowest BCUT2D eigenvalue weighted by Gasteiger charge is -2.12. The van der Waals surface area contributed by atoms with Crippen molar-refractivity contribution in [1.82, 2.24) is 0 Å². The summed E-state index contributed by atoms with van der Waals surface area (Å²) in [5.74, 6) is -2.54. The normalized spacial score (nSPS) is 10.2. The van der Waals surface area contributed by atoms with Crippen LogP contribution in [0.15, 0.2) is 36.4 Å². The number of halogens is 2. The number of aromatic carboxylic acids is 1. The molecule has 0 saturated heterocycles. The molecule has 4 nitrogen and oxygen atoms in total.